The molecule has 2 heterocycles. The van der Waals surface area contributed by atoms with E-state index < -0.39 is 11.6 Å². The first-order valence-electron chi connectivity index (χ1n) is 10.4. The molecule has 178 valence electrons. The molecule has 2 fully saturated rings. The lowest BCUT2D eigenvalue weighted by molar-refractivity contribution is -0.158. The Balaban J connectivity index is 0. The molecule has 0 saturated carbocycles. The molecule has 2 rings (SSSR count). The van der Waals surface area contributed by atoms with Crippen LogP contribution in [-0.4, -0.2) is 74.4 Å². The third-order valence-electron chi connectivity index (χ3n) is 3.90. The fourth-order valence-corrected chi connectivity index (χ4v) is 2.47. The van der Waals surface area contributed by atoms with Crippen LogP contribution in [0.4, 0.5) is 0 Å². The van der Waals surface area contributed by atoms with E-state index >= 15 is 0 Å². The number of hydrogen-bond acceptors (Lipinski definition) is 9. The number of aliphatic hydroxyl groups excluding tert-OH is 1. The maximum atomic E-state index is 11.0. The molecule has 2 unspecified atom stereocenters. The average Bonchev–Trinajstić information content (AvgIpc) is 3.22. The van der Waals surface area contributed by atoms with E-state index in [-0.39, 0.29) is 32.2 Å². The summed E-state index contributed by atoms with van der Waals surface area (Å²) in [6.07, 6.45) is 2.44. The van der Waals surface area contributed by atoms with E-state index in [1.165, 1.54) is 7.11 Å². The fraction of sp³-hybridized carbons (Fsp3) is 0.905. The van der Waals surface area contributed by atoms with Gasteiger partial charge >= 0.3 is 13.4 Å². The van der Waals surface area contributed by atoms with Crippen molar-refractivity contribution in [3.8, 4) is 0 Å². The molecule has 0 aromatic rings. The molecule has 0 aromatic carbocycles. The molecule has 1 N–H and O–H groups in total. The third kappa shape index (κ3) is 13.9. The van der Waals surface area contributed by atoms with Gasteiger partial charge in [-0.3, -0.25) is 9.59 Å². The van der Waals surface area contributed by atoms with E-state index in [9.17, 15) is 9.59 Å². The molecular weight excluding hydrogens is 396 g/mol. The maximum absolute atomic E-state index is 11.0. The highest BCUT2D eigenvalue weighted by atomic mass is 16.8. The van der Waals surface area contributed by atoms with Gasteiger partial charge < -0.3 is 33.5 Å². The Morgan fingerprint density at radius 2 is 1.40 bits per heavy atom. The zero-order valence-electron chi connectivity index (χ0n) is 20.5. The lowest BCUT2D eigenvalue weighted by Gasteiger charge is -2.16. The second-order valence-electron chi connectivity index (χ2n) is 7.84. The van der Waals surface area contributed by atoms with Crippen LogP contribution in [0.1, 0.15) is 68.7 Å². The van der Waals surface area contributed by atoms with Gasteiger partial charge in [0.1, 0.15) is 18.8 Å². The van der Waals surface area contributed by atoms with E-state index in [2.05, 4.69) is 4.74 Å². The van der Waals surface area contributed by atoms with Gasteiger partial charge in [0.15, 0.2) is 11.6 Å². The minimum absolute atomic E-state index is 0. The van der Waals surface area contributed by atoms with Crippen molar-refractivity contribution < 1.29 is 44.5 Å². The molecule has 0 radical (unpaired) electrons. The molecule has 9 heteroatoms. The molecular formula is C21H41O9+. The van der Waals surface area contributed by atoms with Crippen molar-refractivity contribution in [1.29, 1.82) is 0 Å². The number of carbonyl (C=O) groups is 2. The minimum Gasteiger partial charge on any atom is -0.469 e. The maximum Gasteiger partial charge on any atom is 1.00 e. The first kappa shape index (κ1) is 28.7. The molecule has 0 bridgehead atoms. The summed E-state index contributed by atoms with van der Waals surface area (Å²) in [7, 11) is 1.40. The molecule has 2 atom stereocenters. The average molecular weight is 438 g/mol. The highest BCUT2D eigenvalue weighted by Gasteiger charge is 2.33. The molecule has 2 saturated heterocycles. The molecule has 9 nitrogen and oxygen atoms in total. The van der Waals surface area contributed by atoms with E-state index in [4.69, 9.17) is 28.8 Å². The predicted octanol–water partition coefficient (Wildman–Crippen LogP) is 2.68. The predicted molar refractivity (Wildman–Crippen MR) is 111 cm³/mol. The summed E-state index contributed by atoms with van der Waals surface area (Å²) in [5, 5.41) is 8.59. The minimum atomic E-state index is -0.540. The topological polar surface area (TPSA) is 110 Å². The summed E-state index contributed by atoms with van der Waals surface area (Å²) >= 11 is 0. The highest BCUT2D eigenvalue weighted by molar-refractivity contribution is 5.69. The summed E-state index contributed by atoms with van der Waals surface area (Å²) in [4.78, 5) is 21.2. The van der Waals surface area contributed by atoms with E-state index in [0.717, 1.165) is 12.8 Å². The SMILES string of the molecule is CC1(C)OCC(CO)O1.CCCC(=O)OC.CCCC(=O)OCC1COC(C)(C)O1.[H+]. The number of rotatable bonds is 7. The second-order valence-corrected chi connectivity index (χ2v) is 7.84. The molecule has 0 aromatic heterocycles. The molecule has 0 aliphatic carbocycles. The van der Waals surface area contributed by atoms with Crippen molar-refractivity contribution in [3.63, 3.8) is 0 Å². The van der Waals surface area contributed by atoms with Gasteiger partial charge in [0, 0.05) is 12.8 Å². The van der Waals surface area contributed by atoms with E-state index in [1.54, 1.807) is 0 Å². The van der Waals surface area contributed by atoms with Crippen LogP contribution in [0.2, 0.25) is 0 Å². The van der Waals surface area contributed by atoms with Crippen molar-refractivity contribution in [2.45, 2.75) is 91.0 Å². The number of aliphatic hydroxyl groups is 1. The molecule has 30 heavy (non-hydrogen) atoms. The Labute approximate surface area is 181 Å². The van der Waals surface area contributed by atoms with E-state index in [1.807, 2.05) is 41.5 Å². The lowest BCUT2D eigenvalue weighted by atomic mass is 10.3. The normalized spacial score (nSPS) is 23.5. The summed E-state index contributed by atoms with van der Waals surface area (Å²) in [5.41, 5.74) is 0. The van der Waals surface area contributed by atoms with Crippen LogP contribution in [0.25, 0.3) is 0 Å². The second kappa shape index (κ2) is 14.7. The number of esters is 2. The first-order valence-corrected chi connectivity index (χ1v) is 10.4. The van der Waals surface area contributed by atoms with Gasteiger partial charge in [-0.1, -0.05) is 13.8 Å². The number of carbonyl (C=O) groups excluding carboxylic acids is 2. The molecule has 0 amide bonds. The van der Waals surface area contributed by atoms with Crippen LogP contribution in [-0.2, 0) is 38.0 Å². The van der Waals surface area contributed by atoms with E-state index in [0.29, 0.717) is 32.7 Å². The number of hydrogen-bond donors (Lipinski definition) is 1. The van der Waals surface area contributed by atoms with Crippen molar-refractivity contribution in [3.05, 3.63) is 0 Å². The summed E-state index contributed by atoms with van der Waals surface area (Å²) < 4.78 is 30.6. The van der Waals surface area contributed by atoms with Crippen molar-refractivity contribution in [2.24, 2.45) is 0 Å². The quantitative estimate of drug-likeness (QED) is 0.601. The Bertz CT molecular complexity index is 497. The van der Waals surface area contributed by atoms with Gasteiger partial charge in [0.2, 0.25) is 0 Å². The van der Waals surface area contributed by atoms with Gasteiger partial charge in [-0.2, -0.15) is 0 Å². The van der Waals surface area contributed by atoms with Crippen LogP contribution in [0, 0.1) is 0 Å². The van der Waals surface area contributed by atoms with Crippen molar-refractivity contribution in [1.82, 2.24) is 0 Å². The van der Waals surface area contributed by atoms with Crippen LogP contribution in [0.15, 0.2) is 0 Å². The summed E-state index contributed by atoms with van der Waals surface area (Å²) in [5.74, 6) is -1.32. The Kier molecular flexibility index (Phi) is 14.1. The van der Waals surface area contributed by atoms with Crippen LogP contribution < -0.4 is 0 Å². The lowest BCUT2D eigenvalue weighted by Crippen LogP contribution is -2.25. The zero-order valence-corrected chi connectivity index (χ0v) is 19.5. The van der Waals surface area contributed by atoms with Crippen molar-refractivity contribution >= 4 is 11.9 Å². The van der Waals surface area contributed by atoms with Gasteiger partial charge in [-0.15, -0.1) is 0 Å². The molecule has 0 spiro atoms. The van der Waals surface area contributed by atoms with Gasteiger partial charge in [-0.25, -0.2) is 0 Å². The Morgan fingerprint density at radius 3 is 1.70 bits per heavy atom. The highest BCUT2D eigenvalue weighted by Crippen LogP contribution is 2.22. The van der Waals surface area contributed by atoms with Crippen LogP contribution in [0.5, 0.6) is 0 Å². The van der Waals surface area contributed by atoms with Crippen LogP contribution in [0.3, 0.4) is 0 Å². The monoisotopic (exact) mass is 437 g/mol. The molecule has 2 aliphatic rings. The number of methoxy groups -OCH3 is 1. The standard InChI is InChI=1S/C10H18O4.C6H12O3.C5H10O2/c1-4-5-9(11)12-6-8-7-13-10(2,3)14-8;1-6(2)8-4-5(3-7)9-6;1-3-4-5(6)7-2/h8H,4-7H2,1-3H3;5,7H,3-4H2,1-2H3;3-4H2,1-2H3/p+1. The Hall–Kier alpha value is -1.26. The largest absolute Gasteiger partial charge is 1.00 e. The Morgan fingerprint density at radius 1 is 0.933 bits per heavy atom. The molecule has 2 aliphatic heterocycles. The zero-order chi connectivity index (χ0) is 23.2. The van der Waals surface area contributed by atoms with Crippen LogP contribution >= 0.6 is 0 Å². The summed E-state index contributed by atoms with van der Waals surface area (Å²) in [6.45, 7) is 12.6. The first-order chi connectivity index (χ1) is 14.0. The summed E-state index contributed by atoms with van der Waals surface area (Å²) in [6, 6.07) is 0. The number of ether oxygens (including phenoxy) is 6. The third-order valence-corrected chi connectivity index (χ3v) is 3.90. The van der Waals surface area contributed by atoms with Gasteiger partial charge in [0.25, 0.3) is 0 Å². The van der Waals surface area contributed by atoms with Crippen molar-refractivity contribution in [2.75, 3.05) is 33.5 Å². The smallest absolute Gasteiger partial charge is 0.469 e. The van der Waals surface area contributed by atoms with Gasteiger partial charge in [0.05, 0.1) is 26.9 Å². The van der Waals surface area contributed by atoms with Gasteiger partial charge in [-0.05, 0) is 40.5 Å². The fourth-order valence-electron chi connectivity index (χ4n) is 2.47.